The Balaban J connectivity index is 1.44. The summed E-state index contributed by atoms with van der Waals surface area (Å²) in [7, 11) is -3.48. The molecule has 0 unspecified atom stereocenters. The summed E-state index contributed by atoms with van der Waals surface area (Å²) in [6.07, 6.45) is 1.78. The smallest absolute Gasteiger partial charge is 0.256 e. The van der Waals surface area contributed by atoms with Crippen molar-refractivity contribution in [2.24, 2.45) is 0 Å². The predicted octanol–water partition coefficient (Wildman–Crippen LogP) is 5.00. The zero-order valence-corrected chi connectivity index (χ0v) is 18.8. The number of sulfonamides is 1. The number of para-hydroxylation sites is 1. The van der Waals surface area contributed by atoms with Gasteiger partial charge in [0.25, 0.3) is 5.91 Å². The topological polar surface area (TPSA) is 79.4 Å². The molecule has 6 nitrogen and oxygen atoms in total. The van der Waals surface area contributed by atoms with Gasteiger partial charge in [-0.1, -0.05) is 24.3 Å². The van der Waals surface area contributed by atoms with Crippen LogP contribution in [-0.4, -0.2) is 36.7 Å². The fourth-order valence-electron chi connectivity index (χ4n) is 3.90. The lowest BCUT2D eigenvalue weighted by atomic mass is 10.1. The van der Waals surface area contributed by atoms with Crippen molar-refractivity contribution in [2.75, 3.05) is 18.4 Å². The SMILES string of the molecule is O=C(Nc1ccc(S(=O)(=O)N2CCCC2)cc1)c1cc(-c2cccs2)nc2ccccc12. The highest BCUT2D eigenvalue weighted by Crippen LogP contribution is 2.29. The third-order valence-electron chi connectivity index (χ3n) is 5.55. The van der Waals surface area contributed by atoms with Crippen LogP contribution in [-0.2, 0) is 10.0 Å². The molecule has 3 heterocycles. The van der Waals surface area contributed by atoms with E-state index in [9.17, 15) is 13.2 Å². The Kier molecular flexibility index (Phi) is 5.50. The minimum absolute atomic E-state index is 0.242. The second kappa shape index (κ2) is 8.46. The molecule has 1 amide bonds. The fraction of sp³-hybridized carbons (Fsp3) is 0.167. The van der Waals surface area contributed by atoms with Crippen molar-refractivity contribution in [3.8, 4) is 10.6 Å². The second-order valence-corrected chi connectivity index (χ2v) is 10.5. The number of hydrogen-bond acceptors (Lipinski definition) is 5. The monoisotopic (exact) mass is 463 g/mol. The first kappa shape index (κ1) is 20.8. The first-order chi connectivity index (χ1) is 15.5. The zero-order valence-electron chi connectivity index (χ0n) is 17.2. The van der Waals surface area contributed by atoms with E-state index in [1.807, 2.05) is 41.8 Å². The van der Waals surface area contributed by atoms with Gasteiger partial charge in [0.2, 0.25) is 10.0 Å². The zero-order chi connectivity index (χ0) is 22.1. The summed E-state index contributed by atoms with van der Waals surface area (Å²) in [6, 6.07) is 19.6. The molecule has 2 aromatic carbocycles. The number of benzene rings is 2. The van der Waals surface area contributed by atoms with E-state index in [-0.39, 0.29) is 10.8 Å². The molecular formula is C24H21N3O3S2. The van der Waals surface area contributed by atoms with Crippen LogP contribution in [0.2, 0.25) is 0 Å². The third kappa shape index (κ3) is 3.92. The minimum atomic E-state index is -3.48. The highest BCUT2D eigenvalue weighted by atomic mass is 32.2. The number of thiophene rings is 1. The number of aromatic nitrogens is 1. The quantitative estimate of drug-likeness (QED) is 0.452. The minimum Gasteiger partial charge on any atom is -0.322 e. The summed E-state index contributed by atoms with van der Waals surface area (Å²) in [6.45, 7) is 1.12. The van der Waals surface area contributed by atoms with Crippen LogP contribution >= 0.6 is 11.3 Å². The lowest BCUT2D eigenvalue weighted by Crippen LogP contribution is -2.27. The number of rotatable bonds is 5. The Morgan fingerprint density at radius 3 is 2.44 bits per heavy atom. The number of amides is 1. The number of nitrogens with zero attached hydrogens (tertiary/aromatic N) is 2. The molecule has 1 N–H and O–H groups in total. The number of anilines is 1. The average Bonchev–Trinajstić information content (AvgIpc) is 3.53. The van der Waals surface area contributed by atoms with E-state index >= 15 is 0 Å². The Hall–Kier alpha value is -3.07. The Bertz CT molecular complexity index is 1380. The number of fused-ring (bicyclic) bond motifs is 1. The molecule has 1 aliphatic heterocycles. The Morgan fingerprint density at radius 2 is 1.72 bits per heavy atom. The van der Waals surface area contributed by atoms with Crippen LogP contribution < -0.4 is 5.32 Å². The highest BCUT2D eigenvalue weighted by Gasteiger charge is 2.27. The molecule has 0 bridgehead atoms. The standard InChI is InChI=1S/C24H21N3O3S2/c28-24(25-17-9-11-18(12-10-17)32(29,30)27-13-3-4-14-27)20-16-22(23-8-5-15-31-23)26-21-7-2-1-6-19(20)21/h1-2,5-12,15-16H,3-4,13-14H2,(H,25,28). The van der Waals surface area contributed by atoms with Gasteiger partial charge < -0.3 is 5.32 Å². The molecule has 1 fully saturated rings. The summed E-state index contributed by atoms with van der Waals surface area (Å²) in [5.41, 5.74) is 2.55. The average molecular weight is 464 g/mol. The van der Waals surface area contributed by atoms with E-state index in [0.29, 0.717) is 24.3 Å². The van der Waals surface area contributed by atoms with E-state index in [0.717, 1.165) is 34.3 Å². The number of nitrogens with one attached hydrogen (secondary N) is 1. The maximum absolute atomic E-state index is 13.2. The highest BCUT2D eigenvalue weighted by molar-refractivity contribution is 7.89. The van der Waals surface area contributed by atoms with Crippen LogP contribution in [0.4, 0.5) is 5.69 Å². The fourth-order valence-corrected chi connectivity index (χ4v) is 6.10. The van der Waals surface area contributed by atoms with Crippen molar-refractivity contribution in [2.45, 2.75) is 17.7 Å². The summed E-state index contributed by atoms with van der Waals surface area (Å²) in [5.74, 6) is -0.267. The summed E-state index contributed by atoms with van der Waals surface area (Å²) in [4.78, 5) is 19.1. The van der Waals surface area contributed by atoms with Crippen LogP contribution in [0.15, 0.2) is 77.0 Å². The Morgan fingerprint density at radius 1 is 0.969 bits per heavy atom. The molecule has 0 spiro atoms. The van der Waals surface area contributed by atoms with E-state index in [2.05, 4.69) is 5.32 Å². The van der Waals surface area contributed by atoms with Gasteiger partial charge in [0.1, 0.15) is 0 Å². The van der Waals surface area contributed by atoms with Crippen LogP contribution in [0.3, 0.4) is 0 Å². The van der Waals surface area contributed by atoms with Gasteiger partial charge in [0.05, 0.1) is 26.5 Å². The van der Waals surface area contributed by atoms with Crippen LogP contribution in [0.25, 0.3) is 21.5 Å². The number of hydrogen-bond donors (Lipinski definition) is 1. The van der Waals surface area contributed by atoms with Crippen molar-refractivity contribution in [3.05, 3.63) is 77.7 Å². The van der Waals surface area contributed by atoms with Gasteiger partial charge in [0.15, 0.2) is 0 Å². The molecule has 0 saturated carbocycles. The molecule has 2 aromatic heterocycles. The first-order valence-corrected chi connectivity index (χ1v) is 12.7. The maximum atomic E-state index is 13.2. The van der Waals surface area contributed by atoms with Gasteiger partial charge in [-0.15, -0.1) is 11.3 Å². The molecule has 1 aliphatic rings. The molecule has 162 valence electrons. The lowest BCUT2D eigenvalue weighted by Gasteiger charge is -2.16. The van der Waals surface area contributed by atoms with Gasteiger partial charge in [-0.25, -0.2) is 13.4 Å². The van der Waals surface area contributed by atoms with Gasteiger partial charge in [0, 0.05) is 24.2 Å². The normalized spacial score (nSPS) is 14.6. The van der Waals surface area contributed by atoms with Crippen molar-refractivity contribution >= 4 is 43.9 Å². The number of carbonyl (C=O) groups excluding carboxylic acids is 1. The molecule has 0 atom stereocenters. The largest absolute Gasteiger partial charge is 0.322 e. The second-order valence-electron chi connectivity index (χ2n) is 7.64. The summed E-state index contributed by atoms with van der Waals surface area (Å²) >= 11 is 1.57. The van der Waals surface area contributed by atoms with Crippen molar-refractivity contribution in [3.63, 3.8) is 0 Å². The van der Waals surface area contributed by atoms with E-state index < -0.39 is 10.0 Å². The van der Waals surface area contributed by atoms with Crippen LogP contribution in [0, 0.1) is 0 Å². The molecular weight excluding hydrogens is 442 g/mol. The summed E-state index contributed by atoms with van der Waals surface area (Å²) < 4.78 is 26.9. The molecule has 0 radical (unpaired) electrons. The maximum Gasteiger partial charge on any atom is 0.256 e. The van der Waals surface area contributed by atoms with Gasteiger partial charge >= 0.3 is 0 Å². The molecule has 0 aliphatic carbocycles. The van der Waals surface area contributed by atoms with E-state index in [4.69, 9.17) is 4.98 Å². The summed E-state index contributed by atoms with van der Waals surface area (Å²) in [5, 5.41) is 5.64. The molecule has 1 saturated heterocycles. The van der Waals surface area contributed by atoms with Crippen molar-refractivity contribution in [1.82, 2.24) is 9.29 Å². The molecule has 4 aromatic rings. The molecule has 5 rings (SSSR count). The van der Waals surface area contributed by atoms with Crippen LogP contribution in [0.1, 0.15) is 23.2 Å². The lowest BCUT2D eigenvalue weighted by molar-refractivity contribution is 0.102. The van der Waals surface area contributed by atoms with Gasteiger partial charge in [-0.2, -0.15) is 4.31 Å². The number of pyridine rings is 1. The van der Waals surface area contributed by atoms with Gasteiger partial charge in [-0.05, 0) is 60.7 Å². The molecule has 8 heteroatoms. The van der Waals surface area contributed by atoms with Crippen LogP contribution in [0.5, 0.6) is 0 Å². The van der Waals surface area contributed by atoms with Gasteiger partial charge in [-0.3, -0.25) is 4.79 Å². The van der Waals surface area contributed by atoms with E-state index in [1.54, 1.807) is 41.7 Å². The predicted molar refractivity (Wildman–Crippen MR) is 127 cm³/mol. The molecule has 32 heavy (non-hydrogen) atoms. The Labute approximate surface area is 190 Å². The van der Waals surface area contributed by atoms with E-state index in [1.165, 1.54) is 4.31 Å². The van der Waals surface area contributed by atoms with Crippen molar-refractivity contribution < 1.29 is 13.2 Å². The number of carbonyl (C=O) groups is 1. The first-order valence-electron chi connectivity index (χ1n) is 10.4. The van der Waals surface area contributed by atoms with Crippen molar-refractivity contribution in [1.29, 1.82) is 0 Å². The third-order valence-corrected chi connectivity index (χ3v) is 8.35.